The number of hydrogen-bond acceptors (Lipinski definition) is 7. The van der Waals surface area contributed by atoms with Crippen LogP contribution in [-0.4, -0.2) is 84.4 Å². The van der Waals surface area contributed by atoms with Crippen molar-refractivity contribution in [3.05, 3.63) is 86.0 Å². The van der Waals surface area contributed by atoms with E-state index in [9.17, 15) is 9.59 Å². The Kier molecular flexibility index (Phi) is 12.1. The number of halogens is 3. The zero-order chi connectivity index (χ0) is 37.2. The third-order valence-electron chi connectivity index (χ3n) is 9.99. The molecule has 1 aromatic heterocycles. The van der Waals surface area contributed by atoms with Crippen LogP contribution in [0.5, 0.6) is 5.75 Å². The fraction of sp³-hybridized carbons (Fsp3) is 0.525. The third-order valence-corrected chi connectivity index (χ3v) is 10.9. The summed E-state index contributed by atoms with van der Waals surface area (Å²) >= 11 is 19.6. The van der Waals surface area contributed by atoms with Gasteiger partial charge in [0.1, 0.15) is 17.5 Å². The number of pyridine rings is 1. The topological polar surface area (TPSA) is 84.4 Å². The average Bonchev–Trinajstić information content (AvgIpc) is 3.84. The van der Waals surface area contributed by atoms with E-state index in [1.54, 1.807) is 12.0 Å². The van der Waals surface area contributed by atoms with Crippen LogP contribution in [0.1, 0.15) is 74.6 Å². The van der Waals surface area contributed by atoms with Crippen molar-refractivity contribution in [3.63, 3.8) is 0 Å². The molecule has 2 aromatic carbocycles. The summed E-state index contributed by atoms with van der Waals surface area (Å²) in [7, 11) is 1.69. The highest BCUT2D eigenvalue weighted by Crippen LogP contribution is 2.40. The van der Waals surface area contributed by atoms with Gasteiger partial charge in [0, 0.05) is 62.9 Å². The minimum Gasteiger partial charge on any atom is -0.485 e. The molecule has 2 saturated heterocycles. The average molecular weight is 772 g/mol. The summed E-state index contributed by atoms with van der Waals surface area (Å²) in [6, 6.07) is 13.9. The van der Waals surface area contributed by atoms with E-state index >= 15 is 0 Å². The minimum absolute atomic E-state index is 0.0242. The molecular formula is C40H49Cl3N4O5. The summed E-state index contributed by atoms with van der Waals surface area (Å²) in [6.45, 7) is 10.7. The van der Waals surface area contributed by atoms with Crippen molar-refractivity contribution < 1.29 is 23.8 Å². The van der Waals surface area contributed by atoms with Gasteiger partial charge in [0.2, 0.25) is 5.91 Å². The highest BCUT2D eigenvalue weighted by atomic mass is 35.5. The summed E-state index contributed by atoms with van der Waals surface area (Å²) in [5, 5.41) is 1.65. The molecule has 3 atom stereocenters. The van der Waals surface area contributed by atoms with Crippen LogP contribution in [0, 0.1) is 12.8 Å². The van der Waals surface area contributed by atoms with Gasteiger partial charge in [-0.15, -0.1) is 0 Å². The van der Waals surface area contributed by atoms with E-state index < -0.39 is 17.6 Å². The van der Waals surface area contributed by atoms with Gasteiger partial charge in [-0.25, -0.2) is 9.78 Å². The predicted octanol–water partition coefficient (Wildman–Crippen LogP) is 8.73. The Morgan fingerprint density at radius 1 is 0.942 bits per heavy atom. The number of likely N-dealkylation sites (tertiary alicyclic amines) is 1. The second-order valence-corrected chi connectivity index (χ2v) is 16.5. The maximum Gasteiger partial charge on any atom is 0.410 e. The fourth-order valence-corrected chi connectivity index (χ4v) is 8.05. The van der Waals surface area contributed by atoms with Gasteiger partial charge in [0.15, 0.2) is 5.75 Å². The number of ether oxygens (including phenoxy) is 3. The van der Waals surface area contributed by atoms with Gasteiger partial charge in [-0.05, 0) is 99.9 Å². The lowest BCUT2D eigenvalue weighted by Crippen LogP contribution is -2.51. The Morgan fingerprint density at radius 2 is 1.69 bits per heavy atom. The van der Waals surface area contributed by atoms with E-state index in [1.165, 1.54) is 0 Å². The molecule has 1 saturated carbocycles. The lowest BCUT2D eigenvalue weighted by atomic mass is 9.80. The van der Waals surface area contributed by atoms with Gasteiger partial charge in [-0.2, -0.15) is 0 Å². The first-order chi connectivity index (χ1) is 24.8. The normalized spacial score (nSPS) is 20.6. The molecule has 3 aromatic rings. The number of carbonyl (C=O) groups is 2. The van der Waals surface area contributed by atoms with Crippen LogP contribution >= 0.6 is 34.8 Å². The van der Waals surface area contributed by atoms with Gasteiger partial charge >= 0.3 is 6.09 Å². The lowest BCUT2D eigenvalue weighted by molar-refractivity contribution is -0.139. The molecule has 0 N–H and O–H groups in total. The summed E-state index contributed by atoms with van der Waals surface area (Å²) in [4.78, 5) is 38.8. The van der Waals surface area contributed by atoms with E-state index in [-0.39, 0.29) is 30.5 Å². The number of amides is 2. The number of aryl methyl sites for hydroxylation is 1. The Balaban J connectivity index is 1.20. The molecule has 52 heavy (non-hydrogen) atoms. The molecule has 1 aliphatic carbocycles. The summed E-state index contributed by atoms with van der Waals surface area (Å²) in [6.07, 6.45) is 5.47. The van der Waals surface area contributed by atoms with Crippen molar-refractivity contribution in [3.8, 4) is 5.75 Å². The largest absolute Gasteiger partial charge is 0.485 e. The van der Waals surface area contributed by atoms with Gasteiger partial charge in [0.25, 0.3) is 0 Å². The van der Waals surface area contributed by atoms with E-state index in [4.69, 9.17) is 54.0 Å². The molecule has 280 valence electrons. The summed E-state index contributed by atoms with van der Waals surface area (Å²) < 4.78 is 17.3. The summed E-state index contributed by atoms with van der Waals surface area (Å²) in [5.74, 6) is 0.777. The Hall–Kier alpha value is -3.24. The Morgan fingerprint density at radius 3 is 2.35 bits per heavy atom. The molecule has 0 spiro atoms. The Labute approximate surface area is 322 Å². The second kappa shape index (κ2) is 16.4. The molecule has 12 heteroatoms. The first kappa shape index (κ1) is 38.5. The molecule has 3 fully saturated rings. The van der Waals surface area contributed by atoms with Crippen molar-refractivity contribution in [1.29, 1.82) is 0 Å². The van der Waals surface area contributed by atoms with Crippen LogP contribution in [-0.2, 0) is 27.2 Å². The van der Waals surface area contributed by atoms with E-state index in [0.29, 0.717) is 53.5 Å². The number of hydrogen-bond donors (Lipinski definition) is 0. The molecule has 0 radical (unpaired) electrons. The number of aromatic nitrogens is 1. The van der Waals surface area contributed by atoms with Crippen LogP contribution < -0.4 is 9.64 Å². The molecule has 2 aliphatic heterocycles. The van der Waals surface area contributed by atoms with Gasteiger partial charge in [0.05, 0.1) is 29.1 Å². The van der Waals surface area contributed by atoms with Crippen molar-refractivity contribution in [2.45, 2.75) is 90.0 Å². The van der Waals surface area contributed by atoms with Crippen LogP contribution in [0.3, 0.4) is 0 Å². The van der Waals surface area contributed by atoms with Crippen molar-refractivity contribution in [2.24, 2.45) is 5.92 Å². The van der Waals surface area contributed by atoms with E-state index in [2.05, 4.69) is 17.0 Å². The van der Waals surface area contributed by atoms with Crippen molar-refractivity contribution in [1.82, 2.24) is 14.8 Å². The molecule has 6 rings (SSSR count). The number of anilines is 1. The number of nitrogens with zero attached hydrogens (tertiary/aromatic N) is 4. The minimum atomic E-state index is -0.643. The maximum atomic E-state index is 14.7. The highest BCUT2D eigenvalue weighted by molar-refractivity contribution is 6.37. The highest BCUT2D eigenvalue weighted by Gasteiger charge is 2.43. The number of rotatable bonds is 11. The monoisotopic (exact) mass is 770 g/mol. The van der Waals surface area contributed by atoms with Crippen LogP contribution in [0.25, 0.3) is 0 Å². The van der Waals surface area contributed by atoms with E-state index in [1.807, 2.05) is 69.1 Å². The molecule has 0 bridgehead atoms. The summed E-state index contributed by atoms with van der Waals surface area (Å²) in [5.41, 5.74) is 3.34. The molecule has 0 unspecified atom stereocenters. The first-order valence-corrected chi connectivity index (χ1v) is 19.3. The molecule has 9 nitrogen and oxygen atoms in total. The number of carbonyl (C=O) groups excluding carboxylic acids is 2. The lowest BCUT2D eigenvalue weighted by Gasteiger charge is -2.40. The molecule has 3 aliphatic rings. The van der Waals surface area contributed by atoms with Gasteiger partial charge in [-0.3, -0.25) is 4.79 Å². The van der Waals surface area contributed by atoms with Gasteiger partial charge < -0.3 is 28.9 Å². The van der Waals surface area contributed by atoms with E-state index in [0.717, 1.165) is 60.3 Å². The van der Waals surface area contributed by atoms with Crippen molar-refractivity contribution in [2.75, 3.05) is 44.8 Å². The molecular weight excluding hydrogens is 723 g/mol. The fourth-order valence-electron chi connectivity index (χ4n) is 7.19. The van der Waals surface area contributed by atoms with Crippen LogP contribution in [0.4, 0.5) is 10.6 Å². The zero-order valence-electron chi connectivity index (χ0n) is 30.7. The van der Waals surface area contributed by atoms with Gasteiger partial charge in [-0.1, -0.05) is 53.0 Å². The standard InChI is InChI=1S/C40H49Cl3N4O5/c1-25-18-34(42)37(35(43)19-25)51-30-12-15-45(23-30)36-11-7-27(21-44-36)31-13-16-46(39(49)52-40(2,3)4)24-32(31)38(48)47(29-8-9-29)22-28-20-26(14-17-50-5)6-10-33(28)41/h6-7,10-11,18-21,29-32H,8-9,12-17,22-24H2,1-5H3/t30-,31-,32+/m0/s1. The zero-order valence-corrected chi connectivity index (χ0v) is 32.9. The number of piperidine rings is 1. The maximum absolute atomic E-state index is 14.7. The number of benzene rings is 2. The van der Waals surface area contributed by atoms with Crippen LogP contribution in [0.2, 0.25) is 15.1 Å². The van der Waals surface area contributed by atoms with Crippen LogP contribution in [0.15, 0.2) is 48.7 Å². The Bertz CT molecular complexity index is 1720. The molecule has 3 heterocycles. The molecule has 2 amide bonds. The second-order valence-electron chi connectivity index (χ2n) is 15.3. The number of methoxy groups -OCH3 is 1. The third kappa shape index (κ3) is 9.46. The first-order valence-electron chi connectivity index (χ1n) is 18.2. The quantitative estimate of drug-likeness (QED) is 0.193. The van der Waals surface area contributed by atoms with Crippen molar-refractivity contribution >= 4 is 52.6 Å². The SMILES string of the molecule is COCCc1ccc(Cl)c(CN(C(=O)[C@@H]2CN(C(=O)OC(C)(C)C)CC[C@H]2c2ccc(N3CC[C@H](Oc4c(Cl)cc(C)cc4Cl)C3)nc2)C2CC2)c1. The predicted molar refractivity (Wildman–Crippen MR) is 206 cm³/mol. The smallest absolute Gasteiger partial charge is 0.410 e.